The zero-order chi connectivity index (χ0) is 19.7. The first-order chi connectivity index (χ1) is 13.6. The Morgan fingerprint density at radius 3 is 2.89 bits per heavy atom. The number of rotatable bonds is 4. The number of amidine groups is 1. The van der Waals surface area contributed by atoms with Crippen molar-refractivity contribution in [2.75, 3.05) is 18.0 Å². The average Bonchev–Trinajstić information content (AvgIpc) is 3.16. The molecule has 1 aliphatic heterocycles. The van der Waals surface area contributed by atoms with Gasteiger partial charge in [-0.05, 0) is 18.9 Å². The summed E-state index contributed by atoms with van der Waals surface area (Å²) >= 11 is 0. The first-order valence-electron chi connectivity index (χ1n) is 8.79. The van der Waals surface area contributed by atoms with Crippen molar-refractivity contribution >= 4 is 17.3 Å². The molecule has 1 aliphatic rings. The summed E-state index contributed by atoms with van der Waals surface area (Å²) in [5.74, 6) is 6.91. The Morgan fingerprint density at radius 1 is 1.25 bits per heavy atom. The van der Waals surface area contributed by atoms with E-state index in [1.54, 1.807) is 18.5 Å². The van der Waals surface area contributed by atoms with Gasteiger partial charge >= 0.3 is 0 Å². The van der Waals surface area contributed by atoms with Gasteiger partial charge in [0.15, 0.2) is 11.5 Å². The highest BCUT2D eigenvalue weighted by Crippen LogP contribution is 2.25. The number of fused-ring (bicyclic) bond motifs is 1. The Hall–Kier alpha value is -3.37. The van der Waals surface area contributed by atoms with Crippen LogP contribution in [-0.2, 0) is 0 Å². The van der Waals surface area contributed by atoms with Crippen LogP contribution >= 0.6 is 0 Å². The number of hydrogen-bond donors (Lipinski definition) is 2. The van der Waals surface area contributed by atoms with Crippen LogP contribution in [0.3, 0.4) is 0 Å². The minimum Gasteiger partial charge on any atom is -0.385 e. The minimum atomic E-state index is -2.67. The van der Waals surface area contributed by atoms with Gasteiger partial charge in [0.2, 0.25) is 0 Å². The summed E-state index contributed by atoms with van der Waals surface area (Å²) in [6.07, 6.45) is 4.91. The molecule has 9 nitrogen and oxygen atoms in total. The zero-order valence-electron chi connectivity index (χ0n) is 14.9. The van der Waals surface area contributed by atoms with E-state index in [0.717, 1.165) is 25.2 Å². The number of piperidine rings is 1. The Bertz CT molecular complexity index is 1020. The van der Waals surface area contributed by atoms with Gasteiger partial charge in [0.05, 0.1) is 12.4 Å². The third-order valence-corrected chi connectivity index (χ3v) is 4.82. The molecule has 4 N–H and O–H groups in total. The van der Waals surface area contributed by atoms with Crippen molar-refractivity contribution < 1.29 is 8.78 Å². The third-order valence-electron chi connectivity index (χ3n) is 4.82. The SMILES string of the molecule is N/N=C(\N)C1CCCN(c2ccnc(-c3cnc4cnc(C(F)F)cn34)n2)C1. The number of hydrazone groups is 1. The summed E-state index contributed by atoms with van der Waals surface area (Å²) in [7, 11) is 0. The number of anilines is 1. The molecule has 3 aromatic heterocycles. The van der Waals surface area contributed by atoms with Gasteiger partial charge < -0.3 is 16.5 Å². The lowest BCUT2D eigenvalue weighted by Crippen LogP contribution is -2.42. The van der Waals surface area contributed by atoms with E-state index in [-0.39, 0.29) is 11.6 Å². The number of alkyl halides is 2. The summed E-state index contributed by atoms with van der Waals surface area (Å²) in [6, 6.07) is 1.80. The van der Waals surface area contributed by atoms with Crippen molar-refractivity contribution in [1.82, 2.24) is 24.3 Å². The van der Waals surface area contributed by atoms with Crippen LogP contribution in [0.1, 0.15) is 25.0 Å². The van der Waals surface area contributed by atoms with Gasteiger partial charge in [-0.3, -0.25) is 4.40 Å². The molecule has 0 spiro atoms. The molecule has 146 valence electrons. The van der Waals surface area contributed by atoms with Crippen molar-refractivity contribution in [2.45, 2.75) is 19.3 Å². The van der Waals surface area contributed by atoms with Crippen LogP contribution in [0.4, 0.5) is 14.6 Å². The first-order valence-corrected chi connectivity index (χ1v) is 8.79. The molecular weight excluding hydrogens is 368 g/mol. The Morgan fingerprint density at radius 2 is 2.11 bits per heavy atom. The normalized spacial score (nSPS) is 18.2. The maximum absolute atomic E-state index is 13.0. The zero-order valence-corrected chi connectivity index (χ0v) is 14.9. The second kappa shape index (κ2) is 7.33. The lowest BCUT2D eigenvalue weighted by molar-refractivity contribution is 0.145. The standard InChI is InChI=1S/C17H19F2N9/c18-15(19)11-9-28-12(6-24-14(28)7-23-11)17-22-4-3-13(25-17)27-5-1-2-10(8-27)16(20)26-21/h3-4,6-7,9-10,15H,1-2,5,8,21H2,(H2,20,26). The van der Waals surface area contributed by atoms with E-state index < -0.39 is 6.43 Å². The van der Waals surface area contributed by atoms with Crippen LogP contribution in [0, 0.1) is 5.92 Å². The lowest BCUT2D eigenvalue weighted by Gasteiger charge is -2.33. The van der Waals surface area contributed by atoms with Crippen LogP contribution in [0.2, 0.25) is 0 Å². The third kappa shape index (κ3) is 3.30. The van der Waals surface area contributed by atoms with Crippen molar-refractivity contribution in [3.05, 3.63) is 36.5 Å². The summed E-state index contributed by atoms with van der Waals surface area (Å²) in [6.45, 7) is 1.47. The van der Waals surface area contributed by atoms with Crippen LogP contribution in [0.25, 0.3) is 17.2 Å². The van der Waals surface area contributed by atoms with Gasteiger partial charge in [-0.2, -0.15) is 5.10 Å². The van der Waals surface area contributed by atoms with Gasteiger partial charge in [-0.15, -0.1) is 0 Å². The average molecular weight is 387 g/mol. The monoisotopic (exact) mass is 387 g/mol. The van der Waals surface area contributed by atoms with Crippen molar-refractivity contribution in [2.24, 2.45) is 22.6 Å². The Labute approximate surface area is 159 Å². The maximum atomic E-state index is 13.0. The molecule has 0 amide bonds. The number of halogens is 2. The number of imidazole rings is 1. The van der Waals surface area contributed by atoms with E-state index in [1.165, 1.54) is 16.8 Å². The number of nitrogens with zero attached hydrogens (tertiary/aromatic N) is 7. The van der Waals surface area contributed by atoms with Crippen molar-refractivity contribution in [3.63, 3.8) is 0 Å². The highest BCUT2D eigenvalue weighted by Gasteiger charge is 2.24. The molecule has 11 heteroatoms. The van der Waals surface area contributed by atoms with Gasteiger partial charge in [0.25, 0.3) is 6.43 Å². The van der Waals surface area contributed by atoms with E-state index in [1.807, 2.05) is 0 Å². The largest absolute Gasteiger partial charge is 0.385 e. The molecule has 0 saturated carbocycles. The number of hydrogen-bond acceptors (Lipinski definition) is 7. The van der Waals surface area contributed by atoms with Gasteiger partial charge in [-0.1, -0.05) is 0 Å². The molecule has 0 radical (unpaired) electrons. The molecule has 0 bridgehead atoms. The predicted octanol–water partition coefficient (Wildman–Crippen LogP) is 1.57. The molecular formula is C17H19F2N9. The maximum Gasteiger partial charge on any atom is 0.281 e. The highest BCUT2D eigenvalue weighted by atomic mass is 19.3. The molecule has 1 unspecified atom stereocenters. The molecule has 1 fully saturated rings. The summed E-state index contributed by atoms with van der Waals surface area (Å²) in [5.41, 5.74) is 6.50. The van der Waals surface area contributed by atoms with E-state index in [9.17, 15) is 8.78 Å². The van der Waals surface area contributed by atoms with E-state index in [0.29, 0.717) is 29.5 Å². The van der Waals surface area contributed by atoms with Crippen molar-refractivity contribution in [1.29, 1.82) is 0 Å². The van der Waals surface area contributed by atoms with Crippen LogP contribution in [-0.4, -0.2) is 43.3 Å². The quantitative estimate of drug-likeness (QED) is 0.301. The Kier molecular flexibility index (Phi) is 4.72. The molecule has 3 aromatic rings. The molecule has 0 aliphatic carbocycles. The minimum absolute atomic E-state index is 0.0626. The smallest absolute Gasteiger partial charge is 0.281 e. The van der Waals surface area contributed by atoms with Crippen LogP contribution in [0.15, 0.2) is 36.0 Å². The topological polar surface area (TPSA) is 124 Å². The molecule has 1 atom stereocenters. The first kappa shape index (κ1) is 18.0. The molecule has 1 saturated heterocycles. The number of nitrogens with two attached hydrogens (primary N) is 2. The fraction of sp³-hybridized carbons (Fsp3) is 0.353. The Balaban J connectivity index is 1.68. The van der Waals surface area contributed by atoms with Gasteiger partial charge in [0, 0.05) is 31.4 Å². The van der Waals surface area contributed by atoms with E-state index >= 15 is 0 Å². The second-order valence-corrected chi connectivity index (χ2v) is 6.56. The second-order valence-electron chi connectivity index (χ2n) is 6.56. The molecule has 4 heterocycles. The summed E-state index contributed by atoms with van der Waals surface area (Å²) in [5, 5.41) is 3.61. The highest BCUT2D eigenvalue weighted by molar-refractivity contribution is 5.83. The summed E-state index contributed by atoms with van der Waals surface area (Å²) < 4.78 is 27.5. The molecule has 28 heavy (non-hydrogen) atoms. The fourth-order valence-electron chi connectivity index (χ4n) is 3.36. The number of aromatic nitrogens is 5. The lowest BCUT2D eigenvalue weighted by atomic mass is 9.97. The van der Waals surface area contributed by atoms with E-state index in [4.69, 9.17) is 11.6 Å². The van der Waals surface area contributed by atoms with E-state index in [2.05, 4.69) is 29.9 Å². The van der Waals surface area contributed by atoms with Crippen LogP contribution < -0.4 is 16.5 Å². The van der Waals surface area contributed by atoms with Gasteiger partial charge in [-0.25, -0.2) is 28.7 Å². The molecule has 4 rings (SSSR count). The molecule has 0 aromatic carbocycles. The summed E-state index contributed by atoms with van der Waals surface area (Å²) in [4.78, 5) is 18.9. The van der Waals surface area contributed by atoms with Crippen molar-refractivity contribution in [3.8, 4) is 11.5 Å². The van der Waals surface area contributed by atoms with Gasteiger partial charge in [0.1, 0.15) is 23.0 Å². The fourth-order valence-corrected chi connectivity index (χ4v) is 3.36. The predicted molar refractivity (Wildman–Crippen MR) is 99.7 cm³/mol. The van der Waals surface area contributed by atoms with Crippen LogP contribution in [0.5, 0.6) is 0 Å².